The Bertz CT molecular complexity index is 1250. The lowest BCUT2D eigenvalue weighted by molar-refractivity contribution is -0.126. The largest absolute Gasteiger partial charge is 0.486 e. The number of rotatable bonds is 7. The molecule has 182 valence electrons. The van der Waals surface area contributed by atoms with Gasteiger partial charge in [-0.25, -0.2) is 4.98 Å². The average molecular weight is 478 g/mol. The number of ether oxygens (including phenoxy) is 3. The molecule has 0 aliphatic carbocycles. The molecule has 10 heteroatoms. The number of carbonyl (C=O) groups is 2. The number of anilines is 1. The first kappa shape index (κ1) is 22.9. The van der Waals surface area contributed by atoms with Gasteiger partial charge < -0.3 is 30.2 Å². The number of hydrogen-bond acceptors (Lipinski definition) is 8. The quantitative estimate of drug-likeness (QED) is 0.473. The number of methoxy groups -OCH3 is 1. The normalized spacial score (nSPS) is 19.2. The SMILES string of the molecule is COc1ccc2nccc(NC(=O)C[C@@H]3CC[C@H](NCc4ccc5c(c4)OCCO5)C(=O)N3)c2n1. The number of hydrogen-bond donors (Lipinski definition) is 3. The Hall–Kier alpha value is -3.92. The fraction of sp³-hybridized carbons (Fsp3) is 0.360. The van der Waals surface area contributed by atoms with Crippen molar-refractivity contribution in [1.29, 1.82) is 0 Å². The Labute approximate surface area is 202 Å². The summed E-state index contributed by atoms with van der Waals surface area (Å²) >= 11 is 0. The van der Waals surface area contributed by atoms with Gasteiger partial charge >= 0.3 is 0 Å². The van der Waals surface area contributed by atoms with Crippen molar-refractivity contribution in [3.05, 3.63) is 48.2 Å². The zero-order chi connectivity index (χ0) is 24.2. The highest BCUT2D eigenvalue weighted by Gasteiger charge is 2.29. The van der Waals surface area contributed by atoms with Gasteiger partial charge in [0, 0.05) is 31.3 Å². The van der Waals surface area contributed by atoms with Crippen molar-refractivity contribution in [2.45, 2.75) is 37.9 Å². The van der Waals surface area contributed by atoms with Crippen LogP contribution in [0.3, 0.4) is 0 Å². The Morgan fingerprint density at radius 3 is 2.83 bits per heavy atom. The van der Waals surface area contributed by atoms with Crippen LogP contribution in [0.5, 0.6) is 17.4 Å². The minimum absolute atomic E-state index is 0.104. The van der Waals surface area contributed by atoms with Crippen molar-refractivity contribution >= 4 is 28.5 Å². The second-order valence-electron chi connectivity index (χ2n) is 8.53. The van der Waals surface area contributed by atoms with Gasteiger partial charge in [-0.1, -0.05) is 6.07 Å². The molecule has 0 unspecified atom stereocenters. The number of piperidine rings is 1. The average Bonchev–Trinajstić information content (AvgIpc) is 2.88. The van der Waals surface area contributed by atoms with Gasteiger partial charge in [0.15, 0.2) is 11.5 Å². The second kappa shape index (κ2) is 10.1. The summed E-state index contributed by atoms with van der Waals surface area (Å²) in [5, 5.41) is 9.17. The summed E-state index contributed by atoms with van der Waals surface area (Å²) in [5.74, 6) is 1.61. The van der Waals surface area contributed by atoms with Crippen molar-refractivity contribution in [2.24, 2.45) is 0 Å². The molecule has 2 aliphatic heterocycles. The summed E-state index contributed by atoms with van der Waals surface area (Å²) in [6.45, 7) is 1.62. The van der Waals surface area contributed by atoms with Crippen molar-refractivity contribution in [2.75, 3.05) is 25.6 Å². The van der Waals surface area contributed by atoms with E-state index in [1.54, 1.807) is 24.4 Å². The van der Waals surface area contributed by atoms with Crippen LogP contribution in [0.25, 0.3) is 11.0 Å². The van der Waals surface area contributed by atoms with E-state index in [0.29, 0.717) is 55.2 Å². The standard InChI is InChI=1S/C25H27N5O5/c1-33-23-7-5-17-24(30-23)18(8-9-26-17)29-22(31)13-16-3-4-19(25(32)28-16)27-14-15-2-6-20-21(12-15)35-11-10-34-20/h2,5-9,12,16,19,27H,3-4,10-11,13-14H2,1H3,(H,28,32)(H,26,29,31)/t16-,19-/m0/s1. The molecule has 1 fully saturated rings. The maximum Gasteiger partial charge on any atom is 0.237 e. The van der Waals surface area contributed by atoms with E-state index in [1.807, 2.05) is 18.2 Å². The van der Waals surface area contributed by atoms with Gasteiger partial charge in [0.25, 0.3) is 0 Å². The summed E-state index contributed by atoms with van der Waals surface area (Å²) in [6.07, 6.45) is 3.13. The lowest BCUT2D eigenvalue weighted by atomic mass is 9.97. The minimum atomic E-state index is -0.316. The number of nitrogens with one attached hydrogen (secondary N) is 3. The maximum absolute atomic E-state index is 12.7. The van der Waals surface area contributed by atoms with Crippen LogP contribution in [0.15, 0.2) is 42.6 Å². The zero-order valence-corrected chi connectivity index (χ0v) is 19.4. The zero-order valence-electron chi connectivity index (χ0n) is 19.4. The van der Waals surface area contributed by atoms with Crippen molar-refractivity contribution in [3.8, 4) is 17.4 Å². The van der Waals surface area contributed by atoms with Crippen molar-refractivity contribution < 1.29 is 23.8 Å². The lowest BCUT2D eigenvalue weighted by Gasteiger charge is -2.29. The fourth-order valence-electron chi connectivity index (χ4n) is 4.31. The van der Waals surface area contributed by atoms with Gasteiger partial charge in [-0.3, -0.25) is 14.6 Å². The second-order valence-corrected chi connectivity index (χ2v) is 8.53. The molecule has 0 radical (unpaired) electrons. The third kappa shape index (κ3) is 5.27. The van der Waals surface area contributed by atoms with Crippen LogP contribution in [-0.2, 0) is 16.1 Å². The number of benzene rings is 1. The van der Waals surface area contributed by atoms with Crippen LogP contribution in [0.1, 0.15) is 24.8 Å². The number of fused-ring (bicyclic) bond motifs is 2. The first-order valence-electron chi connectivity index (χ1n) is 11.6. The Balaban J connectivity index is 1.13. The topological polar surface area (TPSA) is 124 Å². The molecule has 4 heterocycles. The Morgan fingerprint density at radius 2 is 2.00 bits per heavy atom. The summed E-state index contributed by atoms with van der Waals surface area (Å²) in [7, 11) is 1.53. The van der Waals surface area contributed by atoms with E-state index >= 15 is 0 Å². The van der Waals surface area contributed by atoms with E-state index in [4.69, 9.17) is 14.2 Å². The first-order valence-corrected chi connectivity index (χ1v) is 11.6. The summed E-state index contributed by atoms with van der Waals surface area (Å²) in [5.41, 5.74) is 2.77. The summed E-state index contributed by atoms with van der Waals surface area (Å²) in [4.78, 5) is 34.0. The van der Waals surface area contributed by atoms with Crippen molar-refractivity contribution in [1.82, 2.24) is 20.6 Å². The van der Waals surface area contributed by atoms with Crippen LogP contribution in [-0.4, -0.2) is 54.2 Å². The molecule has 35 heavy (non-hydrogen) atoms. The molecule has 2 aromatic heterocycles. The molecule has 2 atom stereocenters. The molecule has 1 saturated heterocycles. The molecule has 1 aromatic carbocycles. The molecular formula is C25H27N5O5. The summed E-state index contributed by atoms with van der Waals surface area (Å²) < 4.78 is 16.4. The van der Waals surface area contributed by atoms with E-state index in [2.05, 4.69) is 25.9 Å². The van der Waals surface area contributed by atoms with E-state index in [1.165, 1.54) is 7.11 Å². The van der Waals surface area contributed by atoms with Crippen LogP contribution in [0.2, 0.25) is 0 Å². The predicted molar refractivity (Wildman–Crippen MR) is 129 cm³/mol. The molecule has 2 amide bonds. The molecule has 3 aromatic rings. The van der Waals surface area contributed by atoms with E-state index < -0.39 is 0 Å². The highest BCUT2D eigenvalue weighted by atomic mass is 16.6. The van der Waals surface area contributed by atoms with Gasteiger partial charge in [-0.15, -0.1) is 0 Å². The number of aromatic nitrogens is 2. The molecule has 5 rings (SSSR count). The van der Waals surface area contributed by atoms with Gasteiger partial charge in [-0.05, 0) is 42.7 Å². The smallest absolute Gasteiger partial charge is 0.237 e. The van der Waals surface area contributed by atoms with Gasteiger partial charge in [-0.2, -0.15) is 0 Å². The Kier molecular flexibility index (Phi) is 6.62. The molecule has 3 N–H and O–H groups in total. The molecular weight excluding hydrogens is 450 g/mol. The highest BCUT2D eigenvalue weighted by molar-refractivity contribution is 5.99. The monoisotopic (exact) mass is 477 g/mol. The highest BCUT2D eigenvalue weighted by Crippen LogP contribution is 2.30. The predicted octanol–water partition coefficient (Wildman–Crippen LogP) is 2.18. The fourth-order valence-corrected chi connectivity index (χ4v) is 4.31. The first-order chi connectivity index (χ1) is 17.1. The van der Waals surface area contributed by atoms with Gasteiger partial charge in [0.05, 0.1) is 24.4 Å². The molecule has 0 bridgehead atoms. The minimum Gasteiger partial charge on any atom is -0.486 e. The van der Waals surface area contributed by atoms with Crippen LogP contribution in [0, 0.1) is 0 Å². The van der Waals surface area contributed by atoms with E-state index in [9.17, 15) is 9.59 Å². The third-order valence-electron chi connectivity index (χ3n) is 6.10. The lowest BCUT2D eigenvalue weighted by Crippen LogP contribution is -2.53. The van der Waals surface area contributed by atoms with Crippen LogP contribution >= 0.6 is 0 Å². The molecule has 0 saturated carbocycles. The maximum atomic E-state index is 12.7. The number of nitrogens with zero attached hydrogens (tertiary/aromatic N) is 2. The van der Waals surface area contributed by atoms with Crippen LogP contribution < -0.4 is 30.2 Å². The summed E-state index contributed by atoms with van der Waals surface area (Å²) in [6, 6.07) is 10.4. The number of amides is 2. The number of carbonyl (C=O) groups excluding carboxylic acids is 2. The third-order valence-corrected chi connectivity index (χ3v) is 6.10. The van der Waals surface area contributed by atoms with E-state index in [-0.39, 0.29) is 30.3 Å². The van der Waals surface area contributed by atoms with Gasteiger partial charge in [0.1, 0.15) is 18.7 Å². The van der Waals surface area contributed by atoms with E-state index in [0.717, 1.165) is 17.1 Å². The number of pyridine rings is 2. The Morgan fingerprint density at radius 1 is 1.14 bits per heavy atom. The molecule has 0 spiro atoms. The van der Waals surface area contributed by atoms with Crippen molar-refractivity contribution in [3.63, 3.8) is 0 Å². The molecule has 2 aliphatic rings. The van der Waals surface area contributed by atoms with Crippen LogP contribution in [0.4, 0.5) is 5.69 Å². The molecule has 10 nitrogen and oxygen atoms in total. The van der Waals surface area contributed by atoms with Gasteiger partial charge in [0.2, 0.25) is 17.7 Å².